The van der Waals surface area contributed by atoms with Crippen molar-refractivity contribution in [2.75, 3.05) is 11.8 Å². The summed E-state index contributed by atoms with van der Waals surface area (Å²) in [7, 11) is -2.24. The van der Waals surface area contributed by atoms with Crippen molar-refractivity contribution < 1.29 is 17.9 Å². The molecule has 7 nitrogen and oxygen atoms in total. The van der Waals surface area contributed by atoms with Crippen LogP contribution in [0.2, 0.25) is 0 Å². The first-order chi connectivity index (χ1) is 12.9. The Labute approximate surface area is 158 Å². The number of hydrogen-bond acceptors (Lipinski definition) is 6. The smallest absolute Gasteiger partial charge is 0.322 e. The lowest BCUT2D eigenvalue weighted by Gasteiger charge is -2.13. The number of methoxy groups -OCH3 is 1. The van der Waals surface area contributed by atoms with E-state index in [1.54, 1.807) is 45.2 Å². The molecule has 0 aliphatic carbocycles. The van der Waals surface area contributed by atoms with Crippen LogP contribution in [0, 0.1) is 13.8 Å². The summed E-state index contributed by atoms with van der Waals surface area (Å²) in [5.41, 5.74) is 1.55. The fourth-order valence-corrected chi connectivity index (χ4v) is 3.84. The first-order valence-corrected chi connectivity index (χ1v) is 9.60. The molecule has 140 valence electrons. The molecule has 1 aromatic heterocycles. The van der Waals surface area contributed by atoms with Crippen molar-refractivity contribution >= 4 is 15.7 Å². The fourth-order valence-electron chi connectivity index (χ4n) is 2.50. The number of nitrogens with zero attached hydrogens (tertiary/aromatic N) is 2. The molecule has 0 saturated carbocycles. The Balaban J connectivity index is 1.79. The third-order valence-corrected chi connectivity index (χ3v) is 5.34. The van der Waals surface area contributed by atoms with Gasteiger partial charge in [0.25, 0.3) is 10.0 Å². The Bertz CT molecular complexity index is 1040. The number of ether oxygens (including phenoxy) is 2. The van der Waals surface area contributed by atoms with E-state index in [0.717, 1.165) is 5.56 Å². The van der Waals surface area contributed by atoms with E-state index < -0.39 is 10.0 Å². The van der Waals surface area contributed by atoms with Gasteiger partial charge in [0.1, 0.15) is 11.5 Å². The molecule has 0 aliphatic rings. The molecule has 0 radical (unpaired) electrons. The predicted octanol–water partition coefficient (Wildman–Crippen LogP) is 3.70. The third kappa shape index (κ3) is 4.35. The average molecular weight is 385 g/mol. The van der Waals surface area contributed by atoms with Gasteiger partial charge in [0.15, 0.2) is 0 Å². The number of hydrogen-bond donors (Lipinski definition) is 1. The number of aromatic nitrogens is 2. The second kappa shape index (κ2) is 7.63. The number of benzene rings is 2. The van der Waals surface area contributed by atoms with E-state index in [1.807, 2.05) is 18.2 Å². The highest BCUT2D eigenvalue weighted by atomic mass is 32.2. The Morgan fingerprint density at radius 3 is 2.26 bits per heavy atom. The molecule has 0 fully saturated rings. The first-order valence-electron chi connectivity index (χ1n) is 8.12. The van der Waals surface area contributed by atoms with Crippen molar-refractivity contribution in [2.24, 2.45) is 0 Å². The number of anilines is 1. The van der Waals surface area contributed by atoms with E-state index >= 15 is 0 Å². The topological polar surface area (TPSA) is 90.4 Å². The van der Waals surface area contributed by atoms with Gasteiger partial charge in [0.05, 0.1) is 30.1 Å². The highest BCUT2D eigenvalue weighted by Crippen LogP contribution is 2.27. The largest absolute Gasteiger partial charge is 0.496 e. The SMILES string of the molecule is COc1cc(C)c(S(=O)(=O)Nc2cnc(Oc3ccccc3)nc2)cc1C. The molecule has 0 unspecified atom stereocenters. The van der Waals surface area contributed by atoms with Gasteiger partial charge in [-0.1, -0.05) is 18.2 Å². The van der Waals surface area contributed by atoms with E-state index in [-0.39, 0.29) is 16.6 Å². The monoisotopic (exact) mass is 385 g/mol. The van der Waals surface area contributed by atoms with Crippen LogP contribution in [0.4, 0.5) is 5.69 Å². The second-order valence-corrected chi connectivity index (χ2v) is 7.51. The predicted molar refractivity (Wildman–Crippen MR) is 102 cm³/mol. The lowest BCUT2D eigenvalue weighted by Crippen LogP contribution is -2.15. The molecule has 0 spiro atoms. The molecule has 0 saturated heterocycles. The number of nitrogens with one attached hydrogen (secondary N) is 1. The van der Waals surface area contributed by atoms with E-state index in [4.69, 9.17) is 9.47 Å². The van der Waals surface area contributed by atoms with Gasteiger partial charge in [-0.25, -0.2) is 18.4 Å². The summed E-state index contributed by atoms with van der Waals surface area (Å²) in [5, 5.41) is 0. The molecule has 3 rings (SSSR count). The number of aryl methyl sites for hydroxylation is 2. The van der Waals surface area contributed by atoms with Gasteiger partial charge >= 0.3 is 6.01 Å². The number of para-hydroxylation sites is 1. The van der Waals surface area contributed by atoms with E-state index in [2.05, 4.69) is 14.7 Å². The molecule has 0 aliphatic heterocycles. The summed E-state index contributed by atoms with van der Waals surface area (Å²) in [6.07, 6.45) is 2.71. The summed E-state index contributed by atoms with van der Waals surface area (Å²) >= 11 is 0. The lowest BCUT2D eigenvalue weighted by atomic mass is 10.1. The number of rotatable bonds is 6. The maximum absolute atomic E-state index is 12.7. The second-order valence-electron chi connectivity index (χ2n) is 5.86. The van der Waals surface area contributed by atoms with Crippen molar-refractivity contribution in [2.45, 2.75) is 18.7 Å². The molecular weight excluding hydrogens is 366 g/mol. The van der Waals surface area contributed by atoms with Gasteiger partial charge < -0.3 is 9.47 Å². The van der Waals surface area contributed by atoms with Crippen LogP contribution < -0.4 is 14.2 Å². The fraction of sp³-hybridized carbons (Fsp3) is 0.158. The highest BCUT2D eigenvalue weighted by molar-refractivity contribution is 7.92. The van der Waals surface area contributed by atoms with Crippen molar-refractivity contribution in [1.29, 1.82) is 0 Å². The highest BCUT2D eigenvalue weighted by Gasteiger charge is 2.19. The van der Waals surface area contributed by atoms with Gasteiger partial charge in [-0.2, -0.15) is 0 Å². The summed E-state index contributed by atoms with van der Waals surface area (Å²) < 4.78 is 38.6. The van der Waals surface area contributed by atoms with Crippen LogP contribution in [0.5, 0.6) is 17.5 Å². The maximum Gasteiger partial charge on any atom is 0.322 e. The van der Waals surface area contributed by atoms with Gasteiger partial charge in [-0.05, 0) is 49.2 Å². The zero-order chi connectivity index (χ0) is 19.4. The van der Waals surface area contributed by atoms with Crippen LogP contribution in [0.25, 0.3) is 0 Å². The van der Waals surface area contributed by atoms with Crippen molar-refractivity contribution in [3.63, 3.8) is 0 Å². The zero-order valence-electron chi connectivity index (χ0n) is 15.1. The molecule has 27 heavy (non-hydrogen) atoms. The minimum atomic E-state index is -3.79. The Morgan fingerprint density at radius 1 is 0.963 bits per heavy atom. The first kappa shape index (κ1) is 18.7. The van der Waals surface area contributed by atoms with Crippen LogP contribution in [-0.2, 0) is 10.0 Å². The van der Waals surface area contributed by atoms with Gasteiger partial charge in [-0.15, -0.1) is 0 Å². The minimum absolute atomic E-state index is 0.126. The molecule has 8 heteroatoms. The average Bonchev–Trinajstić information content (AvgIpc) is 2.65. The summed E-state index contributed by atoms with van der Waals surface area (Å²) in [6, 6.07) is 12.5. The minimum Gasteiger partial charge on any atom is -0.496 e. The van der Waals surface area contributed by atoms with E-state index in [1.165, 1.54) is 12.4 Å². The molecule has 0 amide bonds. The molecule has 1 N–H and O–H groups in total. The van der Waals surface area contributed by atoms with E-state index in [9.17, 15) is 8.42 Å². The van der Waals surface area contributed by atoms with Gasteiger partial charge in [0, 0.05) is 0 Å². The van der Waals surface area contributed by atoms with Crippen LogP contribution in [0.1, 0.15) is 11.1 Å². The molecular formula is C19H19N3O4S. The zero-order valence-corrected chi connectivity index (χ0v) is 15.9. The van der Waals surface area contributed by atoms with Crippen molar-refractivity contribution in [3.05, 3.63) is 66.0 Å². The maximum atomic E-state index is 12.7. The third-order valence-electron chi connectivity index (χ3n) is 3.81. The van der Waals surface area contributed by atoms with Crippen LogP contribution in [-0.4, -0.2) is 25.5 Å². The van der Waals surface area contributed by atoms with Crippen LogP contribution in [0.3, 0.4) is 0 Å². The summed E-state index contributed by atoms with van der Waals surface area (Å²) in [6.45, 7) is 3.50. The van der Waals surface area contributed by atoms with Crippen LogP contribution >= 0.6 is 0 Å². The molecule has 1 heterocycles. The van der Waals surface area contributed by atoms with Gasteiger partial charge in [-0.3, -0.25) is 4.72 Å². The molecule has 3 aromatic rings. The lowest BCUT2D eigenvalue weighted by molar-refractivity contribution is 0.411. The summed E-state index contributed by atoms with van der Waals surface area (Å²) in [4.78, 5) is 8.25. The quantitative estimate of drug-likeness (QED) is 0.696. The van der Waals surface area contributed by atoms with Gasteiger partial charge in [0.2, 0.25) is 0 Å². The van der Waals surface area contributed by atoms with E-state index in [0.29, 0.717) is 17.1 Å². The van der Waals surface area contributed by atoms with Crippen LogP contribution in [0.15, 0.2) is 59.8 Å². The standard InChI is InChI=1S/C19H19N3O4S/c1-13-10-18(14(2)9-17(13)25-3)27(23,24)22-15-11-20-19(21-12-15)26-16-7-5-4-6-8-16/h4-12,22H,1-3H3. The Hall–Kier alpha value is -3.13. The molecule has 0 atom stereocenters. The number of sulfonamides is 1. The molecule has 0 bridgehead atoms. The Morgan fingerprint density at radius 2 is 1.63 bits per heavy atom. The van der Waals surface area contributed by atoms with Crippen molar-refractivity contribution in [1.82, 2.24) is 9.97 Å². The Kier molecular flexibility index (Phi) is 5.27. The summed E-state index contributed by atoms with van der Waals surface area (Å²) in [5.74, 6) is 1.23. The normalized spacial score (nSPS) is 11.1. The van der Waals surface area contributed by atoms with Crippen molar-refractivity contribution in [3.8, 4) is 17.5 Å². The molecule has 2 aromatic carbocycles.